The Morgan fingerprint density at radius 1 is 1.00 bits per heavy atom. The van der Waals surface area contributed by atoms with E-state index in [-0.39, 0.29) is 5.38 Å². The highest BCUT2D eigenvalue weighted by molar-refractivity contribution is 9.10. The van der Waals surface area contributed by atoms with Crippen LogP contribution in [0.25, 0.3) is 0 Å². The van der Waals surface area contributed by atoms with Crippen molar-refractivity contribution >= 4 is 39.1 Å². The molecule has 0 aliphatic heterocycles. The summed E-state index contributed by atoms with van der Waals surface area (Å²) < 4.78 is 0.889. The van der Waals surface area contributed by atoms with E-state index in [2.05, 4.69) is 34.1 Å². The smallest absolute Gasteiger partial charge is 0.0850 e. The van der Waals surface area contributed by atoms with Crippen LogP contribution in [0.1, 0.15) is 40.5 Å². The van der Waals surface area contributed by atoms with Crippen molar-refractivity contribution in [2.45, 2.75) is 31.1 Å². The standard InChI is InChI=1S/C17H15BrCl2/c18-15-7-3-6-14(17(15)20)16(19)13-9-8-11-4-1-2-5-12(11)10-13/h3,6-10,16H,1-2,4-5H2. The molecule has 2 aromatic rings. The maximum Gasteiger partial charge on any atom is 0.0850 e. The van der Waals surface area contributed by atoms with E-state index in [9.17, 15) is 0 Å². The Kier molecular flexibility index (Phi) is 4.40. The van der Waals surface area contributed by atoms with Gasteiger partial charge in [-0.3, -0.25) is 0 Å². The van der Waals surface area contributed by atoms with E-state index in [0.717, 1.165) is 15.6 Å². The Morgan fingerprint density at radius 3 is 2.55 bits per heavy atom. The molecule has 0 aromatic heterocycles. The van der Waals surface area contributed by atoms with Gasteiger partial charge in [-0.25, -0.2) is 0 Å². The van der Waals surface area contributed by atoms with Crippen LogP contribution in [0.5, 0.6) is 0 Å². The SMILES string of the molecule is Clc1c(Br)cccc1C(Cl)c1ccc2c(c1)CCCC2. The summed E-state index contributed by atoms with van der Waals surface area (Å²) in [6.45, 7) is 0. The molecular formula is C17H15BrCl2. The summed E-state index contributed by atoms with van der Waals surface area (Å²) >= 11 is 16.5. The molecule has 0 saturated heterocycles. The lowest BCUT2D eigenvalue weighted by Crippen LogP contribution is -2.04. The molecule has 0 bridgehead atoms. The fraction of sp³-hybridized carbons (Fsp3) is 0.294. The minimum atomic E-state index is -0.202. The Bertz CT molecular complexity index is 637. The second-order valence-electron chi connectivity index (χ2n) is 5.24. The van der Waals surface area contributed by atoms with Crippen LogP contribution in [-0.4, -0.2) is 0 Å². The number of alkyl halides is 1. The molecular weight excluding hydrogens is 355 g/mol. The number of hydrogen-bond donors (Lipinski definition) is 0. The molecule has 1 aliphatic carbocycles. The molecule has 1 atom stereocenters. The van der Waals surface area contributed by atoms with Crippen LogP contribution in [0.15, 0.2) is 40.9 Å². The molecule has 0 saturated carbocycles. The third-order valence-electron chi connectivity index (χ3n) is 3.92. The summed E-state index contributed by atoms with van der Waals surface area (Å²) in [4.78, 5) is 0. The molecule has 1 unspecified atom stereocenters. The molecule has 0 spiro atoms. The van der Waals surface area contributed by atoms with Gasteiger partial charge in [0.25, 0.3) is 0 Å². The first-order valence-corrected chi connectivity index (χ1v) is 8.47. The lowest BCUT2D eigenvalue weighted by atomic mass is 9.89. The fourth-order valence-electron chi connectivity index (χ4n) is 2.81. The third kappa shape index (κ3) is 2.77. The zero-order valence-electron chi connectivity index (χ0n) is 11.0. The zero-order chi connectivity index (χ0) is 14.1. The van der Waals surface area contributed by atoms with Crippen molar-refractivity contribution in [2.24, 2.45) is 0 Å². The molecule has 104 valence electrons. The minimum absolute atomic E-state index is 0.202. The molecule has 20 heavy (non-hydrogen) atoms. The van der Waals surface area contributed by atoms with Crippen molar-refractivity contribution < 1.29 is 0 Å². The van der Waals surface area contributed by atoms with Gasteiger partial charge in [-0.15, -0.1) is 11.6 Å². The molecule has 0 radical (unpaired) electrons. The van der Waals surface area contributed by atoms with Gasteiger partial charge < -0.3 is 0 Å². The highest BCUT2D eigenvalue weighted by Gasteiger charge is 2.18. The number of fused-ring (bicyclic) bond motifs is 1. The van der Waals surface area contributed by atoms with Crippen molar-refractivity contribution in [2.75, 3.05) is 0 Å². The number of hydrogen-bond acceptors (Lipinski definition) is 0. The molecule has 0 nitrogen and oxygen atoms in total. The maximum absolute atomic E-state index is 6.65. The van der Waals surface area contributed by atoms with Crippen molar-refractivity contribution in [1.29, 1.82) is 0 Å². The van der Waals surface area contributed by atoms with Gasteiger partial charge in [-0.05, 0) is 69.9 Å². The minimum Gasteiger partial charge on any atom is -0.113 e. The molecule has 0 N–H and O–H groups in total. The van der Waals surface area contributed by atoms with Crippen LogP contribution in [0.3, 0.4) is 0 Å². The lowest BCUT2D eigenvalue weighted by Gasteiger charge is -2.19. The summed E-state index contributed by atoms with van der Waals surface area (Å²) in [6.07, 6.45) is 4.94. The van der Waals surface area contributed by atoms with Crippen LogP contribution >= 0.6 is 39.1 Å². The van der Waals surface area contributed by atoms with Crippen molar-refractivity contribution in [3.63, 3.8) is 0 Å². The van der Waals surface area contributed by atoms with Crippen LogP contribution in [-0.2, 0) is 12.8 Å². The van der Waals surface area contributed by atoms with E-state index in [4.69, 9.17) is 23.2 Å². The highest BCUT2D eigenvalue weighted by atomic mass is 79.9. The molecule has 0 heterocycles. The first-order chi connectivity index (χ1) is 9.66. The number of halogens is 3. The molecule has 2 aromatic carbocycles. The molecule has 1 aliphatic rings. The van der Waals surface area contributed by atoms with E-state index >= 15 is 0 Å². The zero-order valence-corrected chi connectivity index (χ0v) is 14.1. The summed E-state index contributed by atoms with van der Waals surface area (Å²) in [5.41, 5.74) is 5.01. The largest absolute Gasteiger partial charge is 0.113 e. The third-order valence-corrected chi connectivity index (χ3v) is 5.72. The average Bonchev–Trinajstić information content (AvgIpc) is 2.49. The number of benzene rings is 2. The summed E-state index contributed by atoms with van der Waals surface area (Å²) in [7, 11) is 0. The van der Waals surface area contributed by atoms with Gasteiger partial charge in [0.05, 0.1) is 10.4 Å². The van der Waals surface area contributed by atoms with Gasteiger partial charge in [0.2, 0.25) is 0 Å². The Hall–Kier alpha value is -0.500. The Balaban J connectivity index is 1.98. The summed E-state index contributed by atoms with van der Waals surface area (Å²) in [5, 5.41) is 0.498. The van der Waals surface area contributed by atoms with Crippen LogP contribution < -0.4 is 0 Å². The van der Waals surface area contributed by atoms with E-state index < -0.39 is 0 Å². The van der Waals surface area contributed by atoms with Crippen LogP contribution in [0, 0.1) is 0 Å². The predicted octanol–water partition coefficient (Wildman–Crippen LogP) is 6.31. The predicted molar refractivity (Wildman–Crippen MR) is 89.9 cm³/mol. The normalized spacial score (nSPS) is 15.8. The number of aryl methyl sites for hydroxylation is 2. The van der Waals surface area contributed by atoms with Gasteiger partial charge in [0.15, 0.2) is 0 Å². The molecule has 0 fully saturated rings. The first kappa shape index (κ1) is 14.4. The lowest BCUT2D eigenvalue weighted by molar-refractivity contribution is 0.684. The van der Waals surface area contributed by atoms with Gasteiger partial charge in [0.1, 0.15) is 0 Å². The Labute approximate surface area is 138 Å². The van der Waals surface area contributed by atoms with Crippen molar-refractivity contribution in [3.8, 4) is 0 Å². The van der Waals surface area contributed by atoms with E-state index in [1.807, 2.05) is 18.2 Å². The molecule has 3 rings (SSSR count). The second kappa shape index (κ2) is 6.09. The first-order valence-electron chi connectivity index (χ1n) is 6.86. The van der Waals surface area contributed by atoms with Gasteiger partial charge in [0, 0.05) is 4.47 Å². The molecule has 0 amide bonds. The quantitative estimate of drug-likeness (QED) is 0.544. The monoisotopic (exact) mass is 368 g/mol. The maximum atomic E-state index is 6.65. The topological polar surface area (TPSA) is 0 Å². The van der Waals surface area contributed by atoms with E-state index in [1.165, 1.54) is 36.8 Å². The summed E-state index contributed by atoms with van der Waals surface area (Å²) in [5.74, 6) is 0. The van der Waals surface area contributed by atoms with Crippen LogP contribution in [0.4, 0.5) is 0 Å². The number of rotatable bonds is 2. The summed E-state index contributed by atoms with van der Waals surface area (Å²) in [6, 6.07) is 12.5. The van der Waals surface area contributed by atoms with Gasteiger partial charge >= 0.3 is 0 Å². The molecule has 3 heteroatoms. The van der Waals surface area contributed by atoms with Gasteiger partial charge in [-0.1, -0.05) is 41.9 Å². The highest BCUT2D eigenvalue weighted by Crippen LogP contribution is 2.38. The Morgan fingerprint density at radius 2 is 1.75 bits per heavy atom. The van der Waals surface area contributed by atoms with Crippen LogP contribution in [0.2, 0.25) is 5.02 Å². The van der Waals surface area contributed by atoms with Crippen molar-refractivity contribution in [3.05, 3.63) is 68.1 Å². The van der Waals surface area contributed by atoms with Gasteiger partial charge in [-0.2, -0.15) is 0 Å². The average molecular weight is 370 g/mol. The fourth-order valence-corrected chi connectivity index (χ4v) is 3.80. The second-order valence-corrected chi connectivity index (χ2v) is 6.91. The van der Waals surface area contributed by atoms with Crippen molar-refractivity contribution in [1.82, 2.24) is 0 Å². The van der Waals surface area contributed by atoms with E-state index in [0.29, 0.717) is 5.02 Å². The van der Waals surface area contributed by atoms with E-state index in [1.54, 1.807) is 0 Å².